The van der Waals surface area contributed by atoms with E-state index in [1.807, 2.05) is 42.2 Å². The van der Waals surface area contributed by atoms with Crippen molar-refractivity contribution < 1.29 is 14.3 Å². The number of ether oxygens (including phenoxy) is 2. The van der Waals surface area contributed by atoms with Gasteiger partial charge in [0.2, 0.25) is 0 Å². The van der Waals surface area contributed by atoms with Crippen LogP contribution >= 0.6 is 0 Å². The van der Waals surface area contributed by atoms with E-state index in [4.69, 9.17) is 9.47 Å². The number of likely N-dealkylation sites (tertiary alicyclic amines) is 1. The zero-order chi connectivity index (χ0) is 18.0. The maximum absolute atomic E-state index is 12.6. The van der Waals surface area contributed by atoms with Gasteiger partial charge < -0.3 is 14.4 Å². The molecule has 1 unspecified atom stereocenters. The minimum atomic E-state index is -0.260. The first kappa shape index (κ1) is 17.1. The molecule has 2 saturated heterocycles. The molecule has 2 aromatic heterocycles. The number of nitrogens with zero attached hydrogens (tertiary/aromatic N) is 3. The van der Waals surface area contributed by atoms with E-state index in [1.54, 1.807) is 12.3 Å². The van der Waals surface area contributed by atoms with E-state index in [0.29, 0.717) is 37.9 Å². The summed E-state index contributed by atoms with van der Waals surface area (Å²) in [5.74, 6) is 0.281. The van der Waals surface area contributed by atoms with E-state index >= 15 is 0 Å². The quantitative estimate of drug-likeness (QED) is 0.825. The van der Waals surface area contributed by atoms with Gasteiger partial charge in [0.25, 0.3) is 5.91 Å². The van der Waals surface area contributed by atoms with Crippen molar-refractivity contribution in [3.63, 3.8) is 0 Å². The summed E-state index contributed by atoms with van der Waals surface area (Å²) in [6, 6.07) is 11.3. The van der Waals surface area contributed by atoms with Crippen molar-refractivity contribution in [1.82, 2.24) is 14.9 Å². The lowest BCUT2D eigenvalue weighted by atomic mass is 9.81. The van der Waals surface area contributed by atoms with E-state index in [0.717, 1.165) is 24.4 Å². The minimum Gasteiger partial charge on any atom is -0.375 e. The van der Waals surface area contributed by atoms with Crippen molar-refractivity contribution in [2.75, 3.05) is 26.3 Å². The Bertz CT molecular complexity index is 775. The second-order valence-electron chi connectivity index (χ2n) is 7.06. The van der Waals surface area contributed by atoms with Crippen LogP contribution in [0.25, 0.3) is 0 Å². The van der Waals surface area contributed by atoms with E-state index in [-0.39, 0.29) is 11.5 Å². The molecule has 0 aromatic carbocycles. The van der Waals surface area contributed by atoms with Gasteiger partial charge >= 0.3 is 0 Å². The van der Waals surface area contributed by atoms with Gasteiger partial charge in [-0.3, -0.25) is 9.78 Å². The summed E-state index contributed by atoms with van der Waals surface area (Å²) >= 11 is 0. The second kappa shape index (κ2) is 7.13. The number of pyridine rings is 2. The molecule has 2 aromatic rings. The predicted molar refractivity (Wildman–Crippen MR) is 95.6 cm³/mol. The van der Waals surface area contributed by atoms with Crippen molar-refractivity contribution in [2.45, 2.75) is 25.6 Å². The zero-order valence-corrected chi connectivity index (χ0v) is 14.9. The van der Waals surface area contributed by atoms with Gasteiger partial charge in [-0.1, -0.05) is 12.1 Å². The van der Waals surface area contributed by atoms with Crippen LogP contribution in [0.4, 0.5) is 0 Å². The molecule has 0 N–H and O–H groups in total. The number of rotatable bonds is 5. The molecular weight excluding hydrogens is 330 g/mol. The van der Waals surface area contributed by atoms with Crippen LogP contribution in [0.3, 0.4) is 0 Å². The maximum atomic E-state index is 12.6. The molecule has 0 bridgehead atoms. The normalized spacial score (nSPS) is 21.0. The molecule has 2 aliphatic rings. The number of amides is 1. The summed E-state index contributed by atoms with van der Waals surface area (Å²) < 4.78 is 11.9. The smallest absolute Gasteiger partial charge is 0.272 e. The summed E-state index contributed by atoms with van der Waals surface area (Å²) in [5, 5.41) is 0. The van der Waals surface area contributed by atoms with E-state index in [2.05, 4.69) is 9.97 Å². The van der Waals surface area contributed by atoms with Crippen LogP contribution in [0, 0.1) is 12.8 Å². The van der Waals surface area contributed by atoms with Crippen LogP contribution in [0.15, 0.2) is 42.6 Å². The van der Waals surface area contributed by atoms with E-state index in [9.17, 15) is 4.79 Å². The van der Waals surface area contributed by atoms with Gasteiger partial charge in [0, 0.05) is 24.4 Å². The molecule has 2 aliphatic heterocycles. The summed E-state index contributed by atoms with van der Waals surface area (Å²) in [6.45, 7) is 4.97. The van der Waals surface area contributed by atoms with Gasteiger partial charge in [0.05, 0.1) is 32.0 Å². The Morgan fingerprint density at radius 3 is 2.96 bits per heavy atom. The van der Waals surface area contributed by atoms with Crippen LogP contribution in [0.2, 0.25) is 0 Å². The summed E-state index contributed by atoms with van der Waals surface area (Å²) in [7, 11) is 0. The number of carbonyl (C=O) groups is 1. The Balaban J connectivity index is 1.32. The van der Waals surface area contributed by atoms with Crippen LogP contribution in [-0.4, -0.2) is 52.7 Å². The third-order valence-corrected chi connectivity index (χ3v) is 5.21. The highest BCUT2D eigenvalue weighted by Crippen LogP contribution is 2.40. The van der Waals surface area contributed by atoms with Gasteiger partial charge in [-0.15, -0.1) is 0 Å². The average Bonchev–Trinajstić information content (AvgIpc) is 3.05. The molecule has 0 radical (unpaired) electrons. The fraction of sp³-hybridized carbons (Fsp3) is 0.450. The molecule has 1 spiro atoms. The molecule has 6 heteroatoms. The predicted octanol–water partition coefficient (Wildman–Crippen LogP) is 2.23. The first-order valence-electron chi connectivity index (χ1n) is 9.01. The highest BCUT2D eigenvalue weighted by molar-refractivity contribution is 5.93. The topological polar surface area (TPSA) is 64.6 Å². The van der Waals surface area contributed by atoms with Crippen molar-refractivity contribution in [3.8, 4) is 0 Å². The molecule has 1 amide bonds. The Kier molecular flexibility index (Phi) is 4.70. The second-order valence-corrected chi connectivity index (χ2v) is 7.06. The Hall–Kier alpha value is -2.31. The minimum absolute atomic E-state index is 0.0250. The van der Waals surface area contributed by atoms with Crippen molar-refractivity contribution in [1.29, 1.82) is 0 Å². The molecule has 26 heavy (non-hydrogen) atoms. The van der Waals surface area contributed by atoms with Gasteiger partial charge in [0.1, 0.15) is 11.3 Å². The van der Waals surface area contributed by atoms with Crippen LogP contribution in [0.5, 0.6) is 0 Å². The van der Waals surface area contributed by atoms with Crippen LogP contribution in [-0.2, 0) is 16.1 Å². The summed E-state index contributed by atoms with van der Waals surface area (Å²) in [4.78, 5) is 23.0. The average molecular weight is 353 g/mol. The number of hydrogen-bond acceptors (Lipinski definition) is 5. The van der Waals surface area contributed by atoms with Gasteiger partial charge in [-0.25, -0.2) is 4.98 Å². The standard InChI is InChI=1S/C20H23N3O3/c1-15-5-4-7-18(22-15)19(24)23-13-20(14-23)16(8-10-26-20)11-25-12-17-6-2-3-9-21-17/h2-7,9,16H,8,10-14H2,1H3. The van der Waals surface area contributed by atoms with Crippen molar-refractivity contribution >= 4 is 5.91 Å². The SMILES string of the molecule is Cc1cccc(C(=O)N2CC3(C2)OCCC3COCc2ccccn2)n1. The number of hydrogen-bond donors (Lipinski definition) is 0. The zero-order valence-electron chi connectivity index (χ0n) is 14.9. The molecule has 4 rings (SSSR count). The van der Waals surface area contributed by atoms with Gasteiger partial charge in [-0.05, 0) is 37.6 Å². The Labute approximate surface area is 153 Å². The van der Waals surface area contributed by atoms with Crippen LogP contribution < -0.4 is 0 Å². The largest absolute Gasteiger partial charge is 0.375 e. The van der Waals surface area contributed by atoms with Gasteiger partial charge in [-0.2, -0.15) is 0 Å². The number of aromatic nitrogens is 2. The Morgan fingerprint density at radius 2 is 2.19 bits per heavy atom. The third kappa shape index (κ3) is 3.34. The maximum Gasteiger partial charge on any atom is 0.272 e. The number of aryl methyl sites for hydroxylation is 1. The van der Waals surface area contributed by atoms with E-state index < -0.39 is 0 Å². The first-order chi connectivity index (χ1) is 12.7. The summed E-state index contributed by atoms with van der Waals surface area (Å²) in [5.41, 5.74) is 2.02. The highest BCUT2D eigenvalue weighted by Gasteiger charge is 2.54. The lowest BCUT2D eigenvalue weighted by molar-refractivity contribution is -0.129. The first-order valence-corrected chi connectivity index (χ1v) is 9.01. The molecule has 6 nitrogen and oxygen atoms in total. The molecule has 1 atom stereocenters. The molecule has 0 saturated carbocycles. The van der Waals surface area contributed by atoms with Gasteiger partial charge in [0.15, 0.2) is 0 Å². The molecule has 4 heterocycles. The third-order valence-electron chi connectivity index (χ3n) is 5.21. The fourth-order valence-electron chi connectivity index (χ4n) is 3.73. The molecule has 2 fully saturated rings. The molecule has 136 valence electrons. The highest BCUT2D eigenvalue weighted by atomic mass is 16.5. The fourth-order valence-corrected chi connectivity index (χ4v) is 3.73. The monoisotopic (exact) mass is 353 g/mol. The van der Waals surface area contributed by atoms with Crippen molar-refractivity contribution in [3.05, 3.63) is 59.7 Å². The number of carbonyl (C=O) groups excluding carboxylic acids is 1. The van der Waals surface area contributed by atoms with Crippen LogP contribution in [0.1, 0.15) is 28.3 Å². The van der Waals surface area contributed by atoms with Crippen molar-refractivity contribution in [2.24, 2.45) is 5.92 Å². The molecular formula is C20H23N3O3. The summed E-state index contributed by atoms with van der Waals surface area (Å²) in [6.07, 6.45) is 2.74. The molecule has 0 aliphatic carbocycles. The van der Waals surface area contributed by atoms with E-state index in [1.165, 1.54) is 0 Å². The Morgan fingerprint density at radius 1 is 1.31 bits per heavy atom. The lowest BCUT2D eigenvalue weighted by Crippen LogP contribution is -2.66. The lowest BCUT2D eigenvalue weighted by Gasteiger charge is -2.50.